The SMILES string of the molecule is Nc1nn2cc(Cl)cnc2c1C(=O)Nc1cnccc1C1CCN(C2COC2)CC1. The minimum absolute atomic E-state index is 0.101. The first-order valence-electron chi connectivity index (χ1n) is 9.96. The van der Waals surface area contributed by atoms with Crippen LogP contribution >= 0.6 is 11.6 Å². The van der Waals surface area contributed by atoms with Crippen LogP contribution in [0.3, 0.4) is 0 Å². The highest BCUT2D eigenvalue weighted by molar-refractivity contribution is 6.30. The summed E-state index contributed by atoms with van der Waals surface area (Å²) in [6.07, 6.45) is 8.54. The standard InChI is InChI=1S/C20H22ClN7O2/c21-13-7-24-19-17(18(22)26-28(19)9-13)20(29)25-16-8-23-4-1-15(16)12-2-5-27(6-3-12)14-10-30-11-14/h1,4,7-9,12,14H,2-3,5-6,10-11H2,(H2,22,26)(H,25,29). The summed E-state index contributed by atoms with van der Waals surface area (Å²) < 4.78 is 6.73. The molecule has 3 aromatic heterocycles. The van der Waals surface area contributed by atoms with Crippen molar-refractivity contribution in [2.75, 3.05) is 37.4 Å². The molecule has 0 spiro atoms. The maximum atomic E-state index is 13.1. The van der Waals surface area contributed by atoms with Crippen LogP contribution in [0.25, 0.3) is 5.65 Å². The number of nitrogens with one attached hydrogen (secondary N) is 1. The molecule has 3 N–H and O–H groups in total. The van der Waals surface area contributed by atoms with Gasteiger partial charge in [-0.3, -0.25) is 14.7 Å². The fourth-order valence-corrected chi connectivity index (χ4v) is 4.35. The Bertz CT molecular complexity index is 1090. The molecule has 0 atom stereocenters. The van der Waals surface area contributed by atoms with Gasteiger partial charge < -0.3 is 15.8 Å². The molecule has 2 aliphatic rings. The van der Waals surface area contributed by atoms with Crippen LogP contribution in [0.5, 0.6) is 0 Å². The lowest BCUT2D eigenvalue weighted by Crippen LogP contribution is -2.51. The number of likely N-dealkylation sites (tertiary alicyclic amines) is 1. The van der Waals surface area contributed by atoms with Crippen molar-refractivity contribution in [3.05, 3.63) is 47.0 Å². The fourth-order valence-electron chi connectivity index (χ4n) is 4.21. The van der Waals surface area contributed by atoms with Crippen LogP contribution in [0.1, 0.15) is 34.7 Å². The summed E-state index contributed by atoms with van der Waals surface area (Å²) >= 11 is 5.96. The Balaban J connectivity index is 1.36. The van der Waals surface area contributed by atoms with Crippen molar-refractivity contribution in [1.82, 2.24) is 24.5 Å². The molecule has 0 bridgehead atoms. The number of aromatic nitrogens is 4. The number of ether oxygens (including phenoxy) is 1. The number of halogens is 1. The van der Waals surface area contributed by atoms with Crippen LogP contribution < -0.4 is 11.1 Å². The first-order chi connectivity index (χ1) is 14.6. The summed E-state index contributed by atoms with van der Waals surface area (Å²) in [5.74, 6) is 0.0955. The average molecular weight is 428 g/mol. The highest BCUT2D eigenvalue weighted by Crippen LogP contribution is 2.34. The molecule has 2 aliphatic heterocycles. The van der Waals surface area contributed by atoms with E-state index in [0.717, 1.165) is 44.7 Å². The summed E-state index contributed by atoms with van der Waals surface area (Å²) in [6.45, 7) is 3.73. The minimum Gasteiger partial charge on any atom is -0.381 e. The number of fused-ring (bicyclic) bond motifs is 1. The molecule has 5 heterocycles. The zero-order valence-corrected chi connectivity index (χ0v) is 17.0. The molecule has 1 amide bonds. The second-order valence-corrected chi connectivity index (χ2v) is 8.16. The molecular weight excluding hydrogens is 406 g/mol. The van der Waals surface area contributed by atoms with E-state index in [-0.39, 0.29) is 17.3 Å². The fraction of sp³-hybridized carbons (Fsp3) is 0.400. The number of rotatable bonds is 4. The van der Waals surface area contributed by atoms with Gasteiger partial charge in [0.05, 0.1) is 42.4 Å². The second kappa shape index (κ2) is 7.82. The van der Waals surface area contributed by atoms with E-state index < -0.39 is 0 Å². The van der Waals surface area contributed by atoms with Crippen molar-refractivity contribution in [2.24, 2.45) is 0 Å². The van der Waals surface area contributed by atoms with Crippen LogP contribution in [0, 0.1) is 0 Å². The Morgan fingerprint density at radius 3 is 2.80 bits per heavy atom. The first-order valence-corrected chi connectivity index (χ1v) is 10.3. The van der Waals surface area contributed by atoms with E-state index in [4.69, 9.17) is 22.1 Å². The first kappa shape index (κ1) is 19.2. The summed E-state index contributed by atoms with van der Waals surface area (Å²) in [5.41, 5.74) is 8.36. The number of pyridine rings is 1. The third-order valence-corrected chi connectivity index (χ3v) is 6.10. The number of amides is 1. The molecule has 0 saturated carbocycles. The van der Waals surface area contributed by atoms with Gasteiger partial charge in [0, 0.05) is 12.4 Å². The van der Waals surface area contributed by atoms with Gasteiger partial charge in [0.2, 0.25) is 0 Å². The number of nitrogens with two attached hydrogens (primary N) is 1. The highest BCUT2D eigenvalue weighted by atomic mass is 35.5. The van der Waals surface area contributed by atoms with Crippen molar-refractivity contribution in [3.8, 4) is 0 Å². The normalized spacial score (nSPS) is 18.4. The third kappa shape index (κ3) is 3.49. The monoisotopic (exact) mass is 427 g/mol. The van der Waals surface area contributed by atoms with Gasteiger partial charge in [-0.1, -0.05) is 11.6 Å². The molecule has 0 aromatic carbocycles. The van der Waals surface area contributed by atoms with Crippen LogP contribution in [-0.4, -0.2) is 62.7 Å². The van der Waals surface area contributed by atoms with Crippen molar-refractivity contribution in [1.29, 1.82) is 0 Å². The Hall–Kier alpha value is -2.75. The van der Waals surface area contributed by atoms with Crippen LogP contribution in [0.2, 0.25) is 5.02 Å². The zero-order valence-electron chi connectivity index (χ0n) is 16.3. The van der Waals surface area contributed by atoms with E-state index in [9.17, 15) is 4.79 Å². The van der Waals surface area contributed by atoms with Crippen molar-refractivity contribution >= 4 is 34.7 Å². The molecule has 0 unspecified atom stereocenters. The van der Waals surface area contributed by atoms with E-state index >= 15 is 0 Å². The number of carbonyl (C=O) groups is 1. The van der Waals surface area contributed by atoms with E-state index in [1.165, 1.54) is 10.7 Å². The van der Waals surface area contributed by atoms with Crippen molar-refractivity contribution in [2.45, 2.75) is 24.8 Å². The summed E-state index contributed by atoms with van der Waals surface area (Å²) in [6, 6.07) is 2.54. The van der Waals surface area contributed by atoms with E-state index in [2.05, 4.69) is 25.3 Å². The topological polar surface area (TPSA) is 111 Å². The van der Waals surface area contributed by atoms with Gasteiger partial charge in [0.25, 0.3) is 5.91 Å². The largest absolute Gasteiger partial charge is 0.381 e. The van der Waals surface area contributed by atoms with E-state index in [0.29, 0.717) is 28.3 Å². The van der Waals surface area contributed by atoms with Crippen LogP contribution in [0.15, 0.2) is 30.9 Å². The molecule has 0 radical (unpaired) electrons. The quantitative estimate of drug-likeness (QED) is 0.656. The van der Waals surface area contributed by atoms with E-state index in [1.54, 1.807) is 18.6 Å². The summed E-state index contributed by atoms with van der Waals surface area (Å²) in [5, 5.41) is 7.52. The predicted octanol–water partition coefficient (Wildman–Crippen LogP) is 2.19. The van der Waals surface area contributed by atoms with Gasteiger partial charge in [-0.15, -0.1) is 5.10 Å². The molecule has 156 valence electrons. The Morgan fingerprint density at radius 1 is 1.27 bits per heavy atom. The van der Waals surface area contributed by atoms with Crippen LogP contribution in [-0.2, 0) is 4.74 Å². The number of hydrogen-bond donors (Lipinski definition) is 2. The lowest BCUT2D eigenvalue weighted by Gasteiger charge is -2.41. The van der Waals surface area contributed by atoms with Gasteiger partial charge in [-0.2, -0.15) is 0 Å². The maximum Gasteiger partial charge on any atom is 0.263 e. The Kier molecular flexibility index (Phi) is 5.01. The second-order valence-electron chi connectivity index (χ2n) is 7.72. The van der Waals surface area contributed by atoms with Gasteiger partial charge in [-0.05, 0) is 43.5 Å². The summed E-state index contributed by atoms with van der Waals surface area (Å²) in [7, 11) is 0. The molecule has 10 heteroatoms. The lowest BCUT2D eigenvalue weighted by molar-refractivity contribution is -0.0712. The van der Waals surface area contributed by atoms with Crippen LogP contribution in [0.4, 0.5) is 11.5 Å². The van der Waals surface area contributed by atoms with Gasteiger partial charge in [0.1, 0.15) is 5.56 Å². The van der Waals surface area contributed by atoms with Gasteiger partial charge in [0.15, 0.2) is 11.5 Å². The van der Waals surface area contributed by atoms with Crippen molar-refractivity contribution < 1.29 is 9.53 Å². The van der Waals surface area contributed by atoms with E-state index in [1.807, 2.05) is 6.07 Å². The lowest BCUT2D eigenvalue weighted by atomic mass is 9.88. The molecule has 5 rings (SSSR count). The smallest absolute Gasteiger partial charge is 0.263 e. The Labute approximate surface area is 178 Å². The summed E-state index contributed by atoms with van der Waals surface area (Å²) in [4.78, 5) is 24.0. The molecule has 9 nitrogen and oxygen atoms in total. The average Bonchev–Trinajstić information content (AvgIpc) is 3.02. The number of carbonyl (C=O) groups excluding carboxylic acids is 1. The zero-order chi connectivity index (χ0) is 20.7. The third-order valence-electron chi connectivity index (χ3n) is 5.90. The molecule has 2 saturated heterocycles. The molecular formula is C20H22ClN7O2. The van der Waals surface area contributed by atoms with Gasteiger partial charge in [-0.25, -0.2) is 9.50 Å². The number of hydrogen-bond acceptors (Lipinski definition) is 7. The number of piperidine rings is 1. The Morgan fingerprint density at radius 2 is 2.07 bits per heavy atom. The van der Waals surface area contributed by atoms with Gasteiger partial charge >= 0.3 is 0 Å². The number of nitrogens with zero attached hydrogens (tertiary/aromatic N) is 5. The minimum atomic E-state index is -0.365. The number of nitrogen functional groups attached to an aromatic ring is 1. The molecule has 3 aromatic rings. The molecule has 2 fully saturated rings. The molecule has 0 aliphatic carbocycles. The number of anilines is 2. The predicted molar refractivity (Wildman–Crippen MR) is 113 cm³/mol. The van der Waals surface area contributed by atoms with Crippen molar-refractivity contribution in [3.63, 3.8) is 0 Å². The highest BCUT2D eigenvalue weighted by Gasteiger charge is 2.31. The maximum absolute atomic E-state index is 13.1. The molecule has 30 heavy (non-hydrogen) atoms.